The first-order valence-electron chi connectivity index (χ1n) is 6.59. The van der Waals surface area contributed by atoms with Crippen molar-refractivity contribution in [2.45, 2.75) is 31.8 Å². The lowest BCUT2D eigenvalue weighted by molar-refractivity contribution is -0.149. The summed E-state index contributed by atoms with van der Waals surface area (Å²) in [5, 5.41) is 11.7. The van der Waals surface area contributed by atoms with Gasteiger partial charge in [-0.1, -0.05) is 0 Å². The molecule has 0 aliphatic heterocycles. The lowest BCUT2D eigenvalue weighted by Gasteiger charge is -2.10. The number of H-pyrrole nitrogens is 1. The molecule has 1 aromatic heterocycles. The molecule has 0 spiro atoms. The van der Waals surface area contributed by atoms with E-state index in [2.05, 4.69) is 20.0 Å². The van der Waals surface area contributed by atoms with E-state index in [1.54, 1.807) is 6.92 Å². The molecule has 1 saturated carbocycles. The fraction of sp³-hybridized carbons (Fsp3) is 0.538. The molecule has 114 valence electrons. The van der Waals surface area contributed by atoms with Gasteiger partial charge in [0.2, 0.25) is 0 Å². The van der Waals surface area contributed by atoms with Gasteiger partial charge in [0.25, 0.3) is 11.5 Å². The highest BCUT2D eigenvalue weighted by Gasteiger charge is 2.28. The third-order valence-electron chi connectivity index (χ3n) is 3.24. The largest absolute Gasteiger partial charge is 0.467 e. The highest BCUT2D eigenvalue weighted by molar-refractivity contribution is 5.95. The standard InChI is InChI=1S/C13H17N3O5/c1-6-9(11(18)14-5-8(17)13(20)21-2)12(19)16-10(15-6)7-3-4-7/h7-8,17H,3-5H2,1-2H3,(H,14,18)(H,15,16,19). The smallest absolute Gasteiger partial charge is 0.336 e. The number of aliphatic hydroxyl groups excluding tert-OH is 1. The van der Waals surface area contributed by atoms with Crippen molar-refractivity contribution in [3.05, 3.63) is 27.4 Å². The van der Waals surface area contributed by atoms with E-state index in [0.717, 1.165) is 20.0 Å². The molecule has 0 radical (unpaired) electrons. The van der Waals surface area contributed by atoms with Crippen LogP contribution in [0.2, 0.25) is 0 Å². The Balaban J connectivity index is 2.09. The van der Waals surface area contributed by atoms with Gasteiger partial charge in [-0.2, -0.15) is 0 Å². The zero-order valence-corrected chi connectivity index (χ0v) is 11.8. The molecule has 1 atom stereocenters. The number of rotatable bonds is 5. The molecule has 8 nitrogen and oxygen atoms in total. The molecule has 1 aromatic rings. The second-order valence-electron chi connectivity index (χ2n) is 4.93. The Labute approximate surface area is 120 Å². The van der Waals surface area contributed by atoms with Crippen molar-refractivity contribution in [1.29, 1.82) is 0 Å². The molecule has 1 unspecified atom stereocenters. The Kier molecular flexibility index (Phi) is 4.37. The van der Waals surface area contributed by atoms with Crippen molar-refractivity contribution in [1.82, 2.24) is 15.3 Å². The lowest BCUT2D eigenvalue weighted by Crippen LogP contribution is -2.39. The molecular weight excluding hydrogens is 278 g/mol. The van der Waals surface area contributed by atoms with Crippen molar-refractivity contribution >= 4 is 11.9 Å². The number of aromatic amines is 1. The minimum Gasteiger partial charge on any atom is -0.467 e. The van der Waals surface area contributed by atoms with Crippen LogP contribution >= 0.6 is 0 Å². The Morgan fingerprint density at radius 2 is 2.19 bits per heavy atom. The summed E-state index contributed by atoms with van der Waals surface area (Å²) in [5.74, 6) is -0.673. The summed E-state index contributed by atoms with van der Waals surface area (Å²) in [6.07, 6.45) is 0.496. The SMILES string of the molecule is COC(=O)C(O)CNC(=O)c1c(C)nc(C2CC2)[nH]c1=O. The van der Waals surface area contributed by atoms with E-state index < -0.39 is 23.5 Å². The topological polar surface area (TPSA) is 121 Å². The number of carbonyl (C=O) groups excluding carboxylic acids is 2. The van der Waals surface area contributed by atoms with Crippen LogP contribution in [0.3, 0.4) is 0 Å². The molecule has 2 rings (SSSR count). The maximum absolute atomic E-state index is 12.0. The Hall–Kier alpha value is -2.22. The molecule has 0 aromatic carbocycles. The van der Waals surface area contributed by atoms with Crippen LogP contribution < -0.4 is 10.9 Å². The van der Waals surface area contributed by atoms with Crippen LogP contribution in [-0.2, 0) is 9.53 Å². The van der Waals surface area contributed by atoms with E-state index in [9.17, 15) is 19.5 Å². The van der Waals surface area contributed by atoms with Crippen LogP contribution in [0, 0.1) is 6.92 Å². The molecule has 21 heavy (non-hydrogen) atoms. The number of ether oxygens (including phenoxy) is 1. The highest BCUT2D eigenvalue weighted by atomic mass is 16.5. The van der Waals surface area contributed by atoms with Gasteiger partial charge in [0.15, 0.2) is 6.10 Å². The maximum Gasteiger partial charge on any atom is 0.336 e. The summed E-state index contributed by atoms with van der Waals surface area (Å²) >= 11 is 0. The Morgan fingerprint density at radius 1 is 1.52 bits per heavy atom. The van der Waals surface area contributed by atoms with Gasteiger partial charge >= 0.3 is 5.97 Å². The normalized spacial score (nSPS) is 15.4. The summed E-state index contributed by atoms with van der Waals surface area (Å²) in [4.78, 5) is 41.8. The van der Waals surface area contributed by atoms with Gasteiger partial charge in [-0.3, -0.25) is 9.59 Å². The predicted molar refractivity (Wildman–Crippen MR) is 71.9 cm³/mol. The molecule has 8 heteroatoms. The number of aryl methyl sites for hydroxylation is 1. The van der Waals surface area contributed by atoms with Crippen molar-refractivity contribution < 1.29 is 19.4 Å². The number of carbonyl (C=O) groups is 2. The molecule has 0 bridgehead atoms. The average molecular weight is 295 g/mol. The van der Waals surface area contributed by atoms with Crippen LogP contribution in [0.25, 0.3) is 0 Å². The predicted octanol–water partition coefficient (Wildman–Crippen LogP) is -0.781. The van der Waals surface area contributed by atoms with Crippen LogP contribution in [0.15, 0.2) is 4.79 Å². The summed E-state index contributed by atoms with van der Waals surface area (Å²) in [6.45, 7) is 1.24. The number of nitrogens with one attached hydrogen (secondary N) is 2. The molecule has 3 N–H and O–H groups in total. The van der Waals surface area contributed by atoms with Crippen molar-refractivity contribution in [2.24, 2.45) is 0 Å². The van der Waals surface area contributed by atoms with Gasteiger partial charge in [0.05, 0.1) is 19.3 Å². The van der Waals surface area contributed by atoms with Gasteiger partial charge in [0, 0.05) is 5.92 Å². The lowest BCUT2D eigenvalue weighted by atomic mass is 10.2. The summed E-state index contributed by atoms with van der Waals surface area (Å²) < 4.78 is 4.33. The van der Waals surface area contributed by atoms with E-state index in [1.165, 1.54) is 0 Å². The first-order valence-corrected chi connectivity index (χ1v) is 6.59. The zero-order chi connectivity index (χ0) is 15.6. The first kappa shape index (κ1) is 15.2. The molecule has 1 aliphatic carbocycles. The van der Waals surface area contributed by atoms with Crippen LogP contribution in [0.4, 0.5) is 0 Å². The van der Waals surface area contributed by atoms with Gasteiger partial charge in [-0.15, -0.1) is 0 Å². The quantitative estimate of drug-likeness (QED) is 0.613. The molecule has 1 amide bonds. The summed E-state index contributed by atoms with van der Waals surface area (Å²) in [6, 6.07) is 0. The number of methoxy groups -OCH3 is 1. The minimum absolute atomic E-state index is 0.114. The Bertz CT molecular complexity index is 621. The minimum atomic E-state index is -1.47. The van der Waals surface area contributed by atoms with Gasteiger partial charge < -0.3 is 20.1 Å². The van der Waals surface area contributed by atoms with E-state index in [0.29, 0.717) is 11.5 Å². The van der Waals surface area contributed by atoms with Crippen molar-refractivity contribution in [2.75, 3.05) is 13.7 Å². The van der Waals surface area contributed by atoms with Crippen LogP contribution in [0.5, 0.6) is 0 Å². The second kappa shape index (κ2) is 6.04. The number of aromatic nitrogens is 2. The fourth-order valence-electron chi connectivity index (χ4n) is 1.92. The number of hydrogen-bond acceptors (Lipinski definition) is 6. The molecule has 1 fully saturated rings. The molecule has 1 aliphatic rings. The van der Waals surface area contributed by atoms with Gasteiger partial charge in [-0.05, 0) is 19.8 Å². The van der Waals surface area contributed by atoms with Crippen LogP contribution in [-0.4, -0.2) is 46.7 Å². The van der Waals surface area contributed by atoms with E-state index >= 15 is 0 Å². The first-order chi connectivity index (χ1) is 9.93. The van der Waals surface area contributed by atoms with Gasteiger partial charge in [0.1, 0.15) is 11.4 Å². The molecule has 1 heterocycles. The van der Waals surface area contributed by atoms with Crippen LogP contribution in [0.1, 0.15) is 40.6 Å². The molecular formula is C13H17N3O5. The number of aliphatic hydroxyl groups is 1. The van der Waals surface area contributed by atoms with E-state index in [1.807, 2.05) is 0 Å². The van der Waals surface area contributed by atoms with E-state index in [4.69, 9.17) is 0 Å². The number of nitrogens with zero attached hydrogens (tertiary/aromatic N) is 1. The maximum atomic E-state index is 12.0. The third kappa shape index (κ3) is 3.46. The highest BCUT2D eigenvalue weighted by Crippen LogP contribution is 2.37. The summed E-state index contributed by atoms with van der Waals surface area (Å²) in [5.41, 5.74) is -0.309. The number of amides is 1. The second-order valence-corrected chi connectivity index (χ2v) is 4.93. The van der Waals surface area contributed by atoms with E-state index in [-0.39, 0.29) is 18.0 Å². The number of hydrogen-bond donors (Lipinski definition) is 3. The zero-order valence-electron chi connectivity index (χ0n) is 11.8. The molecule has 0 saturated heterocycles. The fourth-order valence-corrected chi connectivity index (χ4v) is 1.92. The number of esters is 1. The Morgan fingerprint density at radius 3 is 2.71 bits per heavy atom. The van der Waals surface area contributed by atoms with Crippen molar-refractivity contribution in [3.63, 3.8) is 0 Å². The average Bonchev–Trinajstić information content (AvgIpc) is 3.27. The monoisotopic (exact) mass is 295 g/mol. The van der Waals surface area contributed by atoms with Gasteiger partial charge in [-0.25, -0.2) is 9.78 Å². The summed E-state index contributed by atoms with van der Waals surface area (Å²) in [7, 11) is 1.13. The third-order valence-corrected chi connectivity index (χ3v) is 3.24. The van der Waals surface area contributed by atoms with Crippen molar-refractivity contribution in [3.8, 4) is 0 Å².